The minimum Gasteiger partial charge on any atom is -0.489 e. The van der Waals surface area contributed by atoms with Gasteiger partial charge in [0.25, 0.3) is 5.91 Å². The molecule has 1 fully saturated rings. The van der Waals surface area contributed by atoms with E-state index in [1.54, 1.807) is 24.3 Å². The predicted octanol–water partition coefficient (Wildman–Crippen LogP) is 3.66. The van der Waals surface area contributed by atoms with Crippen LogP contribution in [-0.2, 0) is 4.79 Å². The molecule has 0 spiro atoms. The number of hydrogen-bond acceptors (Lipinski definition) is 3. The lowest BCUT2D eigenvalue weighted by Gasteiger charge is -2.20. The second kappa shape index (κ2) is 6.08. The third-order valence-electron chi connectivity index (χ3n) is 3.90. The summed E-state index contributed by atoms with van der Waals surface area (Å²) in [4.78, 5) is 27.8. The lowest BCUT2D eigenvalue weighted by molar-refractivity contribution is -0.114. The number of carbonyl (C=O) groups excluding carboxylic acids is 2. The molecule has 0 N–H and O–H groups in total. The fraction of sp³-hybridized carbons (Fsp3) is 0.294. The van der Waals surface area contributed by atoms with E-state index in [0.717, 1.165) is 23.3 Å². The molecule has 2 aliphatic rings. The van der Waals surface area contributed by atoms with Gasteiger partial charge in [0.15, 0.2) is 0 Å². The van der Waals surface area contributed by atoms with Crippen molar-refractivity contribution in [2.75, 3.05) is 18.1 Å². The summed E-state index contributed by atoms with van der Waals surface area (Å²) in [5, 5.41) is 0.343. The van der Waals surface area contributed by atoms with Crippen molar-refractivity contribution in [3.05, 3.63) is 47.1 Å². The Morgan fingerprint density at radius 2 is 2.17 bits per heavy atom. The van der Waals surface area contributed by atoms with Gasteiger partial charge < -0.3 is 4.74 Å². The van der Waals surface area contributed by atoms with Crippen LogP contribution in [0.15, 0.2) is 36.6 Å². The Kier molecular flexibility index (Phi) is 4.13. The standard InChI is InChI=1S/C17H17ClN2O3/c1-3-8-23-15-10-14(12(18)9-11(15)2)20-16(21)13-6-4-5-7-19(13)17(20)22/h3,6,9-10H,1,4-5,7-8H2,2H3. The lowest BCUT2D eigenvalue weighted by Crippen LogP contribution is -2.34. The average Bonchev–Trinajstić information content (AvgIpc) is 2.79. The minimum absolute atomic E-state index is 0.334. The van der Waals surface area contributed by atoms with Crippen molar-refractivity contribution in [1.29, 1.82) is 0 Å². The summed E-state index contributed by atoms with van der Waals surface area (Å²) in [7, 11) is 0. The fourth-order valence-electron chi connectivity index (χ4n) is 2.77. The highest BCUT2D eigenvalue weighted by atomic mass is 35.5. The number of allylic oxidation sites excluding steroid dienone is 1. The quantitative estimate of drug-likeness (QED) is 0.624. The highest BCUT2D eigenvalue weighted by Crippen LogP contribution is 2.38. The van der Waals surface area contributed by atoms with Gasteiger partial charge in [-0.2, -0.15) is 0 Å². The molecule has 0 aromatic heterocycles. The van der Waals surface area contributed by atoms with Gasteiger partial charge in [-0.15, -0.1) is 0 Å². The zero-order chi connectivity index (χ0) is 16.6. The number of ether oxygens (including phenoxy) is 1. The Morgan fingerprint density at radius 1 is 1.39 bits per heavy atom. The molecular formula is C17H17ClN2O3. The Morgan fingerprint density at radius 3 is 2.87 bits per heavy atom. The number of halogens is 1. The third kappa shape index (κ3) is 2.61. The molecule has 2 heterocycles. The van der Waals surface area contributed by atoms with Crippen LogP contribution in [0.3, 0.4) is 0 Å². The van der Waals surface area contributed by atoms with E-state index in [9.17, 15) is 9.59 Å². The third-order valence-corrected chi connectivity index (χ3v) is 4.20. The maximum atomic E-state index is 12.6. The van der Waals surface area contributed by atoms with E-state index >= 15 is 0 Å². The van der Waals surface area contributed by atoms with Crippen LogP contribution >= 0.6 is 11.6 Å². The molecule has 1 aromatic rings. The van der Waals surface area contributed by atoms with Crippen LogP contribution in [0.25, 0.3) is 0 Å². The number of benzene rings is 1. The van der Waals surface area contributed by atoms with E-state index in [1.807, 2.05) is 6.92 Å². The molecule has 3 amide bonds. The largest absolute Gasteiger partial charge is 0.489 e. The van der Waals surface area contributed by atoms with Crippen LogP contribution in [0.5, 0.6) is 5.75 Å². The summed E-state index contributed by atoms with van der Waals surface area (Å²) in [5.74, 6) is 0.235. The molecule has 1 saturated heterocycles. The van der Waals surface area contributed by atoms with Gasteiger partial charge in [-0.25, -0.2) is 9.69 Å². The summed E-state index contributed by atoms with van der Waals surface area (Å²) < 4.78 is 5.58. The molecule has 5 nitrogen and oxygen atoms in total. The molecule has 0 saturated carbocycles. The van der Waals surface area contributed by atoms with E-state index < -0.39 is 0 Å². The van der Waals surface area contributed by atoms with Crippen LogP contribution in [0.1, 0.15) is 18.4 Å². The topological polar surface area (TPSA) is 49.9 Å². The van der Waals surface area contributed by atoms with Crippen LogP contribution in [0.2, 0.25) is 5.02 Å². The normalized spacial score (nSPS) is 17.2. The molecular weight excluding hydrogens is 316 g/mol. The molecule has 1 aromatic carbocycles. The van der Waals surface area contributed by atoms with Gasteiger partial charge in [-0.05, 0) is 31.4 Å². The van der Waals surface area contributed by atoms with Gasteiger partial charge in [0, 0.05) is 12.6 Å². The number of imide groups is 1. The van der Waals surface area contributed by atoms with Gasteiger partial charge in [-0.3, -0.25) is 9.69 Å². The summed E-state index contributed by atoms with van der Waals surface area (Å²) in [6.45, 7) is 6.35. The maximum absolute atomic E-state index is 12.6. The Balaban J connectivity index is 2.02. The van der Waals surface area contributed by atoms with Crippen LogP contribution in [-0.4, -0.2) is 30.0 Å². The molecule has 2 aliphatic heterocycles. The molecule has 0 bridgehead atoms. The zero-order valence-corrected chi connectivity index (χ0v) is 13.6. The van der Waals surface area contributed by atoms with Gasteiger partial charge in [0.05, 0.1) is 10.7 Å². The molecule has 0 radical (unpaired) electrons. The van der Waals surface area contributed by atoms with E-state index in [4.69, 9.17) is 16.3 Å². The molecule has 0 atom stereocenters. The first-order valence-electron chi connectivity index (χ1n) is 7.44. The van der Waals surface area contributed by atoms with Crippen molar-refractivity contribution in [1.82, 2.24) is 4.90 Å². The number of rotatable bonds is 4. The Labute approximate surface area is 139 Å². The maximum Gasteiger partial charge on any atom is 0.336 e. The van der Waals surface area contributed by atoms with E-state index in [0.29, 0.717) is 35.3 Å². The smallest absolute Gasteiger partial charge is 0.336 e. The first-order chi connectivity index (χ1) is 11.0. The zero-order valence-electron chi connectivity index (χ0n) is 12.8. The van der Waals surface area contributed by atoms with E-state index in [-0.39, 0.29) is 11.9 Å². The van der Waals surface area contributed by atoms with Crippen LogP contribution in [0, 0.1) is 6.92 Å². The summed E-state index contributed by atoms with van der Waals surface area (Å²) in [6.07, 6.45) is 5.09. The molecule has 120 valence electrons. The second-order valence-corrected chi connectivity index (χ2v) is 5.88. The number of amides is 3. The monoisotopic (exact) mass is 332 g/mol. The first kappa shape index (κ1) is 15.6. The van der Waals surface area contributed by atoms with Crippen molar-refractivity contribution in [2.24, 2.45) is 0 Å². The van der Waals surface area contributed by atoms with Gasteiger partial charge >= 0.3 is 6.03 Å². The van der Waals surface area contributed by atoms with Gasteiger partial charge in [-0.1, -0.05) is 30.3 Å². The van der Waals surface area contributed by atoms with Crippen LogP contribution in [0.4, 0.5) is 10.5 Å². The average molecular weight is 333 g/mol. The SMILES string of the molecule is C=CCOc1cc(N2C(=O)C3=CCCCN3C2=O)c(Cl)cc1C. The molecule has 0 unspecified atom stereocenters. The molecule has 0 aliphatic carbocycles. The number of hydrogen-bond donors (Lipinski definition) is 0. The summed E-state index contributed by atoms with van der Waals surface area (Å²) in [6, 6.07) is 2.97. The Bertz CT molecular complexity index is 727. The summed E-state index contributed by atoms with van der Waals surface area (Å²) in [5.41, 5.74) is 1.62. The fourth-order valence-corrected chi connectivity index (χ4v) is 3.08. The number of nitrogens with zero attached hydrogens (tertiary/aromatic N) is 2. The molecule has 23 heavy (non-hydrogen) atoms. The number of anilines is 1. The van der Waals surface area contributed by atoms with Crippen LogP contribution < -0.4 is 9.64 Å². The number of aryl methyl sites for hydroxylation is 1. The second-order valence-electron chi connectivity index (χ2n) is 5.48. The predicted molar refractivity (Wildman–Crippen MR) is 88.8 cm³/mol. The lowest BCUT2D eigenvalue weighted by atomic mass is 10.1. The number of fused-ring (bicyclic) bond motifs is 1. The number of carbonyl (C=O) groups is 2. The van der Waals surface area contributed by atoms with Crippen molar-refractivity contribution in [3.8, 4) is 5.75 Å². The summed E-state index contributed by atoms with van der Waals surface area (Å²) >= 11 is 6.28. The highest BCUT2D eigenvalue weighted by Gasteiger charge is 2.43. The number of urea groups is 1. The van der Waals surface area contributed by atoms with E-state index in [2.05, 4.69) is 6.58 Å². The molecule has 6 heteroatoms. The first-order valence-corrected chi connectivity index (χ1v) is 7.82. The minimum atomic E-state index is -0.360. The molecule has 3 rings (SSSR count). The van der Waals surface area contributed by atoms with Crippen molar-refractivity contribution >= 4 is 29.2 Å². The Hall–Kier alpha value is -2.27. The van der Waals surface area contributed by atoms with Crippen molar-refractivity contribution < 1.29 is 14.3 Å². The van der Waals surface area contributed by atoms with Crippen molar-refractivity contribution in [2.45, 2.75) is 19.8 Å². The van der Waals surface area contributed by atoms with E-state index in [1.165, 1.54) is 4.90 Å². The van der Waals surface area contributed by atoms with Crippen molar-refractivity contribution in [3.63, 3.8) is 0 Å². The van der Waals surface area contributed by atoms with Gasteiger partial charge in [0.2, 0.25) is 0 Å². The van der Waals surface area contributed by atoms with Gasteiger partial charge in [0.1, 0.15) is 18.1 Å². The highest BCUT2D eigenvalue weighted by molar-refractivity contribution is 6.37.